The van der Waals surface area contributed by atoms with Crippen molar-refractivity contribution in [3.63, 3.8) is 0 Å². The minimum absolute atomic E-state index is 0.771. The maximum Gasteiger partial charge on any atom is 0.137 e. The number of imidazole rings is 1. The van der Waals surface area contributed by atoms with Crippen LogP contribution in [0.3, 0.4) is 0 Å². The third-order valence-corrected chi connectivity index (χ3v) is 5.34. The van der Waals surface area contributed by atoms with Crippen LogP contribution in [-0.4, -0.2) is 52.4 Å². The number of nitrogens with zero attached hydrogens (tertiary/aromatic N) is 4. The molecule has 1 aliphatic rings. The number of nitrogens with two attached hydrogens (primary N) is 1. The molecule has 5 nitrogen and oxygen atoms in total. The Balaban J connectivity index is 1.76. The smallest absolute Gasteiger partial charge is 0.137 e. The summed E-state index contributed by atoms with van der Waals surface area (Å²) >= 11 is 1.74. The Bertz CT molecular complexity index is 800. The number of piperazine rings is 1. The monoisotopic (exact) mass is 327 g/mol. The number of anilines is 1. The fourth-order valence-electron chi connectivity index (χ4n) is 3.09. The molecule has 4 rings (SSSR count). The summed E-state index contributed by atoms with van der Waals surface area (Å²) in [4.78, 5) is 11.0. The average Bonchev–Trinajstić information content (AvgIpc) is 3.18. The molecule has 0 atom stereocenters. The van der Waals surface area contributed by atoms with Gasteiger partial charge < -0.3 is 10.6 Å². The molecule has 3 aromatic rings. The van der Waals surface area contributed by atoms with E-state index in [4.69, 9.17) is 10.7 Å². The Hall–Kier alpha value is -1.89. The summed E-state index contributed by atoms with van der Waals surface area (Å²) in [5.74, 6) is 0. The van der Waals surface area contributed by atoms with Crippen molar-refractivity contribution in [1.29, 1.82) is 0 Å². The van der Waals surface area contributed by atoms with Crippen LogP contribution >= 0.6 is 11.3 Å². The zero-order valence-electron chi connectivity index (χ0n) is 13.3. The molecule has 23 heavy (non-hydrogen) atoms. The number of aromatic nitrogens is 2. The van der Waals surface area contributed by atoms with E-state index in [1.54, 1.807) is 11.3 Å². The lowest BCUT2D eigenvalue weighted by Crippen LogP contribution is -2.44. The number of rotatable bonds is 3. The van der Waals surface area contributed by atoms with Crippen LogP contribution in [0, 0.1) is 0 Å². The Morgan fingerprint density at radius 1 is 1.17 bits per heavy atom. The lowest BCUT2D eigenvalue weighted by molar-refractivity contribution is 0.147. The van der Waals surface area contributed by atoms with Gasteiger partial charge in [-0.1, -0.05) is 6.07 Å². The van der Waals surface area contributed by atoms with Gasteiger partial charge in [0.25, 0.3) is 0 Å². The fraction of sp³-hybridized carbons (Fsp3) is 0.353. The summed E-state index contributed by atoms with van der Waals surface area (Å²) in [7, 11) is 2.18. The summed E-state index contributed by atoms with van der Waals surface area (Å²) in [6.45, 7) is 5.33. The van der Waals surface area contributed by atoms with E-state index in [1.165, 1.54) is 10.6 Å². The number of hydrogen-bond donors (Lipinski definition) is 1. The number of thiophene rings is 1. The summed E-state index contributed by atoms with van der Waals surface area (Å²) in [6.07, 6.45) is 1.99. The molecule has 3 aromatic heterocycles. The lowest BCUT2D eigenvalue weighted by Gasteiger charge is -2.32. The number of likely N-dealkylation sites (N-methyl/N-ethyl adjacent to an activating group) is 1. The predicted molar refractivity (Wildman–Crippen MR) is 95.7 cm³/mol. The molecule has 0 spiro atoms. The second-order valence-corrected chi connectivity index (χ2v) is 7.10. The first-order valence-corrected chi connectivity index (χ1v) is 8.80. The van der Waals surface area contributed by atoms with Crippen LogP contribution in [0.2, 0.25) is 0 Å². The van der Waals surface area contributed by atoms with Crippen molar-refractivity contribution in [3.8, 4) is 10.6 Å². The SMILES string of the molecule is CN1CCN(Cc2c(-c3cccs3)nc3ccc(N)cn23)CC1. The molecular weight excluding hydrogens is 306 g/mol. The minimum Gasteiger partial charge on any atom is -0.398 e. The van der Waals surface area contributed by atoms with Crippen LogP contribution in [0.4, 0.5) is 5.69 Å². The molecule has 0 aliphatic carbocycles. The van der Waals surface area contributed by atoms with Gasteiger partial charge >= 0.3 is 0 Å². The summed E-state index contributed by atoms with van der Waals surface area (Å²) in [5.41, 5.74) is 10.1. The Kier molecular flexibility index (Phi) is 3.80. The van der Waals surface area contributed by atoms with Crippen molar-refractivity contribution < 1.29 is 0 Å². The standard InChI is InChI=1S/C17H21N5S/c1-20-6-8-21(9-7-20)12-14-17(15-3-2-10-23-15)19-16-5-4-13(18)11-22(14)16/h2-5,10-11H,6-9,12,18H2,1H3. The highest BCUT2D eigenvalue weighted by atomic mass is 32.1. The molecule has 0 unspecified atom stereocenters. The van der Waals surface area contributed by atoms with Gasteiger partial charge in [-0.05, 0) is 30.6 Å². The second kappa shape index (κ2) is 5.96. The van der Waals surface area contributed by atoms with Gasteiger partial charge in [-0.15, -0.1) is 11.3 Å². The van der Waals surface area contributed by atoms with Gasteiger partial charge in [-0.25, -0.2) is 4.98 Å². The third-order valence-electron chi connectivity index (χ3n) is 4.46. The highest BCUT2D eigenvalue weighted by Gasteiger charge is 2.20. The van der Waals surface area contributed by atoms with E-state index < -0.39 is 0 Å². The van der Waals surface area contributed by atoms with Crippen molar-refractivity contribution >= 4 is 22.7 Å². The zero-order chi connectivity index (χ0) is 15.8. The molecule has 1 saturated heterocycles. The van der Waals surface area contributed by atoms with Crippen LogP contribution in [0.15, 0.2) is 35.8 Å². The van der Waals surface area contributed by atoms with E-state index in [2.05, 4.69) is 38.8 Å². The average molecular weight is 327 g/mol. The predicted octanol–water partition coefficient (Wildman–Crippen LogP) is 2.39. The Labute approximate surface area is 140 Å². The molecule has 0 saturated carbocycles. The molecule has 6 heteroatoms. The van der Waals surface area contributed by atoms with E-state index in [0.717, 1.165) is 49.8 Å². The number of hydrogen-bond acceptors (Lipinski definition) is 5. The van der Waals surface area contributed by atoms with E-state index in [-0.39, 0.29) is 0 Å². The van der Waals surface area contributed by atoms with Crippen molar-refractivity contribution in [3.05, 3.63) is 41.5 Å². The molecule has 0 radical (unpaired) electrons. The van der Waals surface area contributed by atoms with E-state index in [1.807, 2.05) is 18.3 Å². The van der Waals surface area contributed by atoms with E-state index >= 15 is 0 Å². The van der Waals surface area contributed by atoms with Gasteiger partial charge in [-0.2, -0.15) is 0 Å². The van der Waals surface area contributed by atoms with Crippen molar-refractivity contribution in [2.75, 3.05) is 39.0 Å². The van der Waals surface area contributed by atoms with Gasteiger partial charge in [0.05, 0.1) is 10.6 Å². The normalized spacial score (nSPS) is 17.1. The summed E-state index contributed by atoms with van der Waals surface area (Å²) < 4.78 is 2.16. The van der Waals surface area contributed by atoms with Gasteiger partial charge in [0.15, 0.2) is 0 Å². The molecule has 120 valence electrons. The van der Waals surface area contributed by atoms with E-state index in [9.17, 15) is 0 Å². The largest absolute Gasteiger partial charge is 0.398 e. The number of pyridine rings is 1. The first kappa shape index (κ1) is 14.7. The van der Waals surface area contributed by atoms with Gasteiger partial charge in [0, 0.05) is 44.6 Å². The molecule has 0 amide bonds. The maximum absolute atomic E-state index is 6.01. The molecule has 1 fully saturated rings. The summed E-state index contributed by atoms with van der Waals surface area (Å²) in [6, 6.07) is 8.14. The van der Waals surface area contributed by atoms with Gasteiger partial charge in [0.1, 0.15) is 11.3 Å². The lowest BCUT2D eigenvalue weighted by atomic mass is 10.2. The summed E-state index contributed by atoms with van der Waals surface area (Å²) in [5, 5.41) is 2.10. The van der Waals surface area contributed by atoms with Crippen LogP contribution < -0.4 is 5.73 Å². The first-order valence-electron chi connectivity index (χ1n) is 7.92. The van der Waals surface area contributed by atoms with Crippen molar-refractivity contribution in [1.82, 2.24) is 19.2 Å². The van der Waals surface area contributed by atoms with E-state index in [0.29, 0.717) is 0 Å². The molecule has 4 heterocycles. The van der Waals surface area contributed by atoms with Crippen molar-refractivity contribution in [2.45, 2.75) is 6.54 Å². The molecule has 1 aliphatic heterocycles. The van der Waals surface area contributed by atoms with Gasteiger partial charge in [-0.3, -0.25) is 9.30 Å². The van der Waals surface area contributed by atoms with Crippen LogP contribution in [0.25, 0.3) is 16.2 Å². The maximum atomic E-state index is 6.01. The molecular formula is C17H21N5S. The van der Waals surface area contributed by atoms with Crippen LogP contribution in [0.5, 0.6) is 0 Å². The first-order chi connectivity index (χ1) is 11.2. The Morgan fingerprint density at radius 2 is 2.00 bits per heavy atom. The zero-order valence-corrected chi connectivity index (χ0v) is 14.1. The Morgan fingerprint density at radius 3 is 2.74 bits per heavy atom. The highest BCUT2D eigenvalue weighted by molar-refractivity contribution is 7.13. The molecule has 0 bridgehead atoms. The fourth-order valence-corrected chi connectivity index (χ4v) is 3.83. The highest BCUT2D eigenvalue weighted by Crippen LogP contribution is 2.30. The van der Waals surface area contributed by atoms with Crippen molar-refractivity contribution in [2.24, 2.45) is 0 Å². The van der Waals surface area contributed by atoms with Gasteiger partial charge in [0.2, 0.25) is 0 Å². The number of nitrogen functional groups attached to an aromatic ring is 1. The molecule has 0 aromatic carbocycles. The number of fused-ring (bicyclic) bond motifs is 1. The second-order valence-electron chi connectivity index (χ2n) is 6.15. The topological polar surface area (TPSA) is 49.8 Å². The third kappa shape index (κ3) is 2.85. The quantitative estimate of drug-likeness (QED) is 0.802. The minimum atomic E-state index is 0.771. The van der Waals surface area contributed by atoms with Crippen LogP contribution in [0.1, 0.15) is 5.69 Å². The van der Waals surface area contributed by atoms with Crippen LogP contribution in [-0.2, 0) is 6.54 Å². The molecule has 2 N–H and O–H groups in total.